The zero-order valence-electron chi connectivity index (χ0n) is 17.6. The van der Waals surface area contributed by atoms with Gasteiger partial charge in [0.2, 0.25) is 0 Å². The fourth-order valence-corrected chi connectivity index (χ4v) is 3.24. The fourth-order valence-electron chi connectivity index (χ4n) is 3.24. The molecule has 176 valence electrons. The van der Waals surface area contributed by atoms with Crippen LogP contribution in [0.4, 0.5) is 13.2 Å². The van der Waals surface area contributed by atoms with Gasteiger partial charge >= 0.3 is 12.1 Å². The van der Waals surface area contributed by atoms with Crippen molar-refractivity contribution in [2.75, 3.05) is 0 Å². The smallest absolute Gasteiger partial charge is 0.416 e. The molecule has 2 atom stereocenters. The largest absolute Gasteiger partial charge is 0.480 e. The molecule has 0 aliphatic heterocycles. The van der Waals surface area contributed by atoms with Crippen LogP contribution in [-0.2, 0) is 22.2 Å². The minimum Gasteiger partial charge on any atom is -0.480 e. The molecule has 6 nitrogen and oxygen atoms in total. The van der Waals surface area contributed by atoms with Crippen molar-refractivity contribution < 1.29 is 37.8 Å². The Kier molecular flexibility index (Phi) is 7.47. The van der Waals surface area contributed by atoms with Gasteiger partial charge in [-0.05, 0) is 23.3 Å². The molecule has 0 unspecified atom stereocenters. The summed E-state index contributed by atoms with van der Waals surface area (Å²) in [5.41, 5.74) is 0.368. The van der Waals surface area contributed by atoms with Gasteiger partial charge in [-0.15, -0.1) is 0 Å². The van der Waals surface area contributed by atoms with E-state index in [1.165, 1.54) is 0 Å². The minimum atomic E-state index is -4.57. The van der Waals surface area contributed by atoms with Gasteiger partial charge in [-0.2, -0.15) is 13.2 Å². The second kappa shape index (κ2) is 10.3. The predicted molar refractivity (Wildman–Crippen MR) is 116 cm³/mol. The normalized spacial score (nSPS) is 13.1. The third-order valence-corrected chi connectivity index (χ3v) is 5.11. The summed E-state index contributed by atoms with van der Waals surface area (Å²) in [7, 11) is 0. The van der Waals surface area contributed by atoms with E-state index in [4.69, 9.17) is 0 Å². The van der Waals surface area contributed by atoms with Crippen LogP contribution in [0.3, 0.4) is 0 Å². The van der Waals surface area contributed by atoms with Gasteiger partial charge in [0.25, 0.3) is 5.91 Å². The summed E-state index contributed by atoms with van der Waals surface area (Å²) in [5.74, 6) is -2.63. The number of halogens is 3. The lowest BCUT2D eigenvalue weighted by atomic mass is 9.99. The maximum atomic E-state index is 12.7. The van der Waals surface area contributed by atoms with Crippen LogP contribution in [0.2, 0.25) is 0 Å². The van der Waals surface area contributed by atoms with E-state index in [2.05, 4.69) is 5.32 Å². The number of hydrogen-bond donors (Lipinski definition) is 3. The highest BCUT2D eigenvalue weighted by molar-refractivity contribution is 6.08. The van der Waals surface area contributed by atoms with Crippen molar-refractivity contribution in [1.29, 1.82) is 0 Å². The fraction of sp³-hybridized carbons (Fsp3) is 0.160. The van der Waals surface area contributed by atoms with Gasteiger partial charge in [0.15, 0.2) is 11.9 Å². The first kappa shape index (κ1) is 24.7. The Balaban J connectivity index is 1.66. The Morgan fingerprint density at radius 2 is 1.38 bits per heavy atom. The van der Waals surface area contributed by atoms with E-state index >= 15 is 0 Å². The number of carboxylic acid groups (broad SMARTS) is 1. The summed E-state index contributed by atoms with van der Waals surface area (Å²) < 4.78 is 38.0. The monoisotopic (exact) mass is 471 g/mol. The van der Waals surface area contributed by atoms with Crippen molar-refractivity contribution >= 4 is 17.7 Å². The number of carbonyl (C=O) groups is 3. The maximum Gasteiger partial charge on any atom is 0.416 e. The lowest BCUT2D eigenvalue weighted by molar-refractivity contribution is -0.143. The highest BCUT2D eigenvalue weighted by Crippen LogP contribution is 2.30. The molecular weight excluding hydrogens is 451 g/mol. The van der Waals surface area contributed by atoms with E-state index in [0.717, 1.165) is 24.3 Å². The van der Waals surface area contributed by atoms with Crippen molar-refractivity contribution in [3.05, 3.63) is 107 Å². The summed E-state index contributed by atoms with van der Waals surface area (Å²) >= 11 is 0. The number of ketones is 1. The number of amides is 1. The number of aliphatic hydroxyl groups excluding tert-OH is 1. The van der Waals surface area contributed by atoms with Crippen molar-refractivity contribution in [2.24, 2.45) is 0 Å². The summed E-state index contributed by atoms with van der Waals surface area (Å²) in [6.07, 6.45) is -6.56. The Labute approximate surface area is 192 Å². The van der Waals surface area contributed by atoms with Gasteiger partial charge in [0.1, 0.15) is 6.04 Å². The van der Waals surface area contributed by atoms with Crippen LogP contribution in [0, 0.1) is 0 Å². The van der Waals surface area contributed by atoms with Crippen LogP contribution in [-0.4, -0.2) is 33.9 Å². The average molecular weight is 471 g/mol. The molecule has 0 fully saturated rings. The van der Waals surface area contributed by atoms with Gasteiger partial charge in [0.05, 0.1) is 5.56 Å². The molecule has 0 aliphatic rings. The minimum absolute atomic E-state index is 0.113. The number of nitrogens with one attached hydrogen (secondary N) is 1. The Morgan fingerprint density at radius 1 is 0.824 bits per heavy atom. The molecule has 3 aromatic rings. The number of hydrogen-bond acceptors (Lipinski definition) is 4. The number of alkyl halides is 3. The number of carbonyl (C=O) groups excluding carboxylic acids is 2. The topological polar surface area (TPSA) is 104 Å². The van der Waals surface area contributed by atoms with Crippen LogP contribution in [0.5, 0.6) is 0 Å². The first-order valence-electron chi connectivity index (χ1n) is 10.1. The third-order valence-electron chi connectivity index (χ3n) is 5.11. The van der Waals surface area contributed by atoms with Crippen molar-refractivity contribution in [2.45, 2.75) is 24.7 Å². The molecule has 3 N–H and O–H groups in total. The number of rotatable bonds is 8. The van der Waals surface area contributed by atoms with E-state index in [9.17, 15) is 37.8 Å². The van der Waals surface area contributed by atoms with E-state index in [-0.39, 0.29) is 17.8 Å². The maximum absolute atomic E-state index is 12.7. The third kappa shape index (κ3) is 6.08. The second-order valence-corrected chi connectivity index (χ2v) is 7.52. The summed E-state index contributed by atoms with van der Waals surface area (Å²) in [6.45, 7) is 0. The van der Waals surface area contributed by atoms with Crippen LogP contribution >= 0.6 is 0 Å². The number of carboxylic acids is 1. The molecule has 3 rings (SSSR count). The molecule has 0 radical (unpaired) electrons. The molecule has 0 saturated heterocycles. The molecule has 34 heavy (non-hydrogen) atoms. The standard InChI is InChI=1S/C25H20F3NO5/c26-25(27,28)19-12-10-18(11-13-19)22(31)23(32)29-20(24(33)34)14-15-6-8-17(9-7-15)21(30)16-4-2-1-3-5-16/h1-13,20,22,31H,14H2,(H,29,32)(H,33,34)/t20-,22-/m0/s1. The Morgan fingerprint density at radius 3 is 1.91 bits per heavy atom. The molecule has 0 aliphatic carbocycles. The van der Waals surface area contributed by atoms with E-state index in [1.807, 2.05) is 0 Å². The Bertz CT molecular complexity index is 1160. The SMILES string of the molecule is O=C(c1ccccc1)c1ccc(C[C@H](NC(=O)[C@@H](O)c2ccc(C(F)(F)F)cc2)C(=O)O)cc1. The molecule has 0 saturated carbocycles. The molecule has 9 heteroatoms. The first-order chi connectivity index (χ1) is 16.1. The zero-order valence-corrected chi connectivity index (χ0v) is 17.6. The van der Waals surface area contributed by atoms with Gasteiger partial charge in [0, 0.05) is 17.5 Å². The lowest BCUT2D eigenvalue weighted by Crippen LogP contribution is -2.44. The molecule has 0 heterocycles. The summed E-state index contributed by atoms with van der Waals surface area (Å²) in [4.78, 5) is 36.5. The van der Waals surface area contributed by atoms with Crippen molar-refractivity contribution in [3.8, 4) is 0 Å². The number of benzene rings is 3. The molecule has 1 amide bonds. The van der Waals surface area contributed by atoms with E-state index < -0.39 is 35.8 Å². The van der Waals surface area contributed by atoms with E-state index in [0.29, 0.717) is 16.7 Å². The quantitative estimate of drug-likeness (QED) is 0.434. The highest BCUT2D eigenvalue weighted by atomic mass is 19.4. The zero-order chi connectivity index (χ0) is 24.9. The number of aliphatic carboxylic acids is 1. The second-order valence-electron chi connectivity index (χ2n) is 7.52. The van der Waals surface area contributed by atoms with Gasteiger partial charge < -0.3 is 15.5 Å². The molecule has 0 spiro atoms. The van der Waals surface area contributed by atoms with Crippen molar-refractivity contribution in [1.82, 2.24) is 5.32 Å². The van der Waals surface area contributed by atoms with E-state index in [1.54, 1.807) is 54.6 Å². The lowest BCUT2D eigenvalue weighted by Gasteiger charge is -2.18. The summed E-state index contributed by atoms with van der Waals surface area (Å²) in [5, 5.41) is 21.8. The highest BCUT2D eigenvalue weighted by Gasteiger charge is 2.31. The Hall–Kier alpha value is -3.98. The first-order valence-corrected chi connectivity index (χ1v) is 10.1. The van der Waals surface area contributed by atoms with Crippen LogP contribution in [0.15, 0.2) is 78.9 Å². The molecule has 0 aromatic heterocycles. The molecular formula is C25H20F3NO5. The molecule has 3 aromatic carbocycles. The van der Waals surface area contributed by atoms with Crippen molar-refractivity contribution in [3.63, 3.8) is 0 Å². The average Bonchev–Trinajstić information content (AvgIpc) is 2.83. The van der Waals surface area contributed by atoms with Gasteiger partial charge in [-0.25, -0.2) is 4.79 Å². The van der Waals surface area contributed by atoms with Crippen LogP contribution in [0.1, 0.15) is 38.7 Å². The predicted octanol–water partition coefficient (Wildman–Crippen LogP) is 3.78. The number of aliphatic hydroxyl groups is 1. The van der Waals surface area contributed by atoms with Gasteiger partial charge in [-0.1, -0.05) is 66.7 Å². The van der Waals surface area contributed by atoms with Gasteiger partial charge in [-0.3, -0.25) is 9.59 Å². The summed E-state index contributed by atoms with van der Waals surface area (Å²) in [6, 6.07) is 16.7. The van der Waals surface area contributed by atoms with Crippen LogP contribution < -0.4 is 5.32 Å². The molecule has 0 bridgehead atoms. The van der Waals surface area contributed by atoms with Crippen LogP contribution in [0.25, 0.3) is 0 Å².